The van der Waals surface area contributed by atoms with Gasteiger partial charge < -0.3 is 11.1 Å². The van der Waals surface area contributed by atoms with Gasteiger partial charge in [0, 0.05) is 17.9 Å². The maximum atomic E-state index is 11.9. The van der Waals surface area contributed by atoms with Crippen LogP contribution in [0.2, 0.25) is 6.82 Å². The Hall–Kier alpha value is -1.79. The molecule has 6 nitrogen and oxygen atoms in total. The quantitative estimate of drug-likeness (QED) is 0.644. The molecule has 0 aromatic carbocycles. The minimum absolute atomic E-state index is 0.0370. The molecule has 18 heavy (non-hydrogen) atoms. The van der Waals surface area contributed by atoms with Crippen molar-refractivity contribution in [2.75, 3.05) is 5.73 Å². The third kappa shape index (κ3) is 2.91. The third-order valence-corrected chi connectivity index (χ3v) is 2.89. The number of nitrogens with two attached hydrogens (primary N) is 1. The van der Waals surface area contributed by atoms with E-state index in [2.05, 4.69) is 10.4 Å². The second-order valence-corrected chi connectivity index (χ2v) is 4.42. The molecule has 0 atom stereocenters. The Morgan fingerprint density at radius 1 is 1.67 bits per heavy atom. The molecule has 0 bridgehead atoms. The van der Waals surface area contributed by atoms with E-state index < -0.39 is 0 Å². The van der Waals surface area contributed by atoms with Crippen molar-refractivity contribution in [1.82, 2.24) is 15.1 Å². The Morgan fingerprint density at radius 3 is 3.00 bits per heavy atom. The summed E-state index contributed by atoms with van der Waals surface area (Å²) in [5.41, 5.74) is 6.19. The van der Waals surface area contributed by atoms with Crippen molar-refractivity contribution in [1.29, 1.82) is 0 Å². The van der Waals surface area contributed by atoms with Crippen LogP contribution in [0.4, 0.5) is 5.69 Å². The van der Waals surface area contributed by atoms with Crippen LogP contribution < -0.4 is 22.1 Å². The molecule has 0 unspecified atom stereocenters. The van der Waals surface area contributed by atoms with Crippen LogP contribution in [0.3, 0.4) is 0 Å². The molecule has 1 aliphatic rings. The molecule has 1 aliphatic carbocycles. The summed E-state index contributed by atoms with van der Waals surface area (Å²) in [5, 5.41) is 6.80. The fourth-order valence-corrected chi connectivity index (χ4v) is 1.70. The number of anilines is 1. The van der Waals surface area contributed by atoms with Crippen molar-refractivity contribution in [2.24, 2.45) is 0 Å². The monoisotopic (exact) mass is 247 g/mol. The Kier molecular flexibility index (Phi) is 3.69. The molecule has 7 heteroatoms. The maximum absolute atomic E-state index is 11.9. The summed E-state index contributed by atoms with van der Waals surface area (Å²) < 4.78 is 1.28. The van der Waals surface area contributed by atoms with Gasteiger partial charge in [0.15, 0.2) is 7.28 Å². The zero-order valence-electron chi connectivity index (χ0n) is 10.3. The number of nitrogens with zero attached hydrogens (tertiary/aromatic N) is 2. The molecular weight excluding hydrogens is 231 g/mol. The summed E-state index contributed by atoms with van der Waals surface area (Å²) in [7, 11) is 1.65. The van der Waals surface area contributed by atoms with Gasteiger partial charge in [0.05, 0.1) is 18.4 Å². The highest BCUT2D eigenvalue weighted by molar-refractivity contribution is 6.53. The van der Waals surface area contributed by atoms with Crippen molar-refractivity contribution in [2.45, 2.75) is 38.7 Å². The van der Waals surface area contributed by atoms with Gasteiger partial charge >= 0.3 is 0 Å². The highest BCUT2D eigenvalue weighted by Crippen LogP contribution is 2.18. The van der Waals surface area contributed by atoms with Gasteiger partial charge in [0.25, 0.3) is 5.56 Å². The van der Waals surface area contributed by atoms with Crippen molar-refractivity contribution in [3.63, 3.8) is 0 Å². The summed E-state index contributed by atoms with van der Waals surface area (Å²) in [4.78, 5) is 23.4. The smallest absolute Gasteiger partial charge is 0.262 e. The second kappa shape index (κ2) is 5.24. The van der Waals surface area contributed by atoms with Gasteiger partial charge in [-0.25, -0.2) is 4.68 Å². The zero-order valence-corrected chi connectivity index (χ0v) is 10.3. The summed E-state index contributed by atoms with van der Waals surface area (Å²) in [6.07, 6.45) is 3.81. The van der Waals surface area contributed by atoms with Crippen LogP contribution in [0.25, 0.3) is 0 Å². The number of nitrogen functional groups attached to an aromatic ring is 1. The first kappa shape index (κ1) is 12.7. The molecular formula is C11H16BN4O2. The Labute approximate surface area is 106 Å². The van der Waals surface area contributed by atoms with E-state index in [0.717, 1.165) is 12.8 Å². The number of amides is 1. The number of hydrogen-bond donors (Lipinski definition) is 2. The lowest BCUT2D eigenvalue weighted by Crippen LogP contribution is -2.41. The van der Waals surface area contributed by atoms with Crippen LogP contribution in [0.15, 0.2) is 11.0 Å². The van der Waals surface area contributed by atoms with Crippen molar-refractivity contribution >= 4 is 24.3 Å². The van der Waals surface area contributed by atoms with Gasteiger partial charge in [0.2, 0.25) is 5.91 Å². The molecule has 1 amide bonds. The fourth-order valence-electron chi connectivity index (χ4n) is 1.70. The first-order valence-corrected chi connectivity index (χ1v) is 6.06. The van der Waals surface area contributed by atoms with Crippen molar-refractivity contribution in [3.8, 4) is 0 Å². The largest absolute Gasteiger partial charge is 0.398 e. The standard InChI is InChI=1S/C11H16BN4O2/c1-12-10-8(13)6-14-16(11(10)18)5-4-9(17)15-7-2-3-7/h6-7H,2-5,13H2,1H3,(H,15,17). The van der Waals surface area contributed by atoms with E-state index in [1.54, 1.807) is 14.1 Å². The lowest BCUT2D eigenvalue weighted by molar-refractivity contribution is -0.121. The van der Waals surface area contributed by atoms with Gasteiger partial charge in [-0.05, 0) is 12.8 Å². The van der Waals surface area contributed by atoms with Gasteiger partial charge in [-0.1, -0.05) is 6.82 Å². The molecule has 95 valence electrons. The van der Waals surface area contributed by atoms with Gasteiger partial charge in [-0.2, -0.15) is 5.10 Å². The van der Waals surface area contributed by atoms with Crippen LogP contribution >= 0.6 is 0 Å². The third-order valence-electron chi connectivity index (χ3n) is 2.89. The molecule has 0 aliphatic heterocycles. The van der Waals surface area contributed by atoms with Crippen LogP contribution in [0, 0.1) is 0 Å². The van der Waals surface area contributed by atoms with E-state index in [-0.39, 0.29) is 24.4 Å². The minimum atomic E-state index is -0.253. The number of aryl methyl sites for hydroxylation is 1. The van der Waals surface area contributed by atoms with E-state index >= 15 is 0 Å². The first-order chi connectivity index (χ1) is 8.61. The number of rotatable bonds is 5. The predicted octanol–water partition coefficient (Wildman–Crippen LogP) is -1.13. The SMILES string of the molecule is C[B]c1c(N)cnn(CCC(=O)NC2CC2)c1=O. The predicted molar refractivity (Wildman–Crippen MR) is 69.9 cm³/mol. The van der Waals surface area contributed by atoms with Crippen LogP contribution in [-0.2, 0) is 11.3 Å². The lowest BCUT2D eigenvalue weighted by Gasteiger charge is -2.08. The number of hydrogen-bond acceptors (Lipinski definition) is 4. The van der Waals surface area contributed by atoms with Gasteiger partial charge in [-0.15, -0.1) is 0 Å². The van der Waals surface area contributed by atoms with E-state index in [0.29, 0.717) is 17.2 Å². The second-order valence-electron chi connectivity index (χ2n) is 4.42. The normalized spacial score (nSPS) is 14.3. The van der Waals surface area contributed by atoms with Crippen LogP contribution in [-0.4, -0.2) is 29.0 Å². The Morgan fingerprint density at radius 2 is 2.39 bits per heavy atom. The summed E-state index contributed by atoms with van der Waals surface area (Å²) >= 11 is 0. The molecule has 1 aromatic heterocycles. The van der Waals surface area contributed by atoms with Crippen LogP contribution in [0.5, 0.6) is 0 Å². The number of carbonyl (C=O) groups excluding carboxylic acids is 1. The van der Waals surface area contributed by atoms with E-state index in [9.17, 15) is 9.59 Å². The van der Waals surface area contributed by atoms with Crippen molar-refractivity contribution < 1.29 is 4.79 Å². The first-order valence-electron chi connectivity index (χ1n) is 6.06. The van der Waals surface area contributed by atoms with E-state index in [1.807, 2.05) is 0 Å². The molecule has 0 saturated heterocycles. The average Bonchev–Trinajstić information content (AvgIpc) is 3.12. The number of aromatic nitrogens is 2. The molecule has 1 aromatic rings. The molecule has 0 spiro atoms. The maximum Gasteiger partial charge on any atom is 0.262 e. The van der Waals surface area contributed by atoms with E-state index in [1.165, 1.54) is 10.9 Å². The summed E-state index contributed by atoms with van der Waals surface area (Å²) in [6.45, 7) is 2.02. The number of carbonyl (C=O) groups is 1. The Balaban J connectivity index is 2.00. The van der Waals surface area contributed by atoms with E-state index in [4.69, 9.17) is 5.73 Å². The minimum Gasteiger partial charge on any atom is -0.398 e. The molecule has 1 radical (unpaired) electrons. The van der Waals surface area contributed by atoms with Gasteiger partial charge in [-0.3, -0.25) is 9.59 Å². The molecule has 1 fully saturated rings. The highest BCUT2D eigenvalue weighted by Gasteiger charge is 2.23. The van der Waals surface area contributed by atoms with Crippen LogP contribution in [0.1, 0.15) is 19.3 Å². The lowest BCUT2D eigenvalue weighted by atomic mass is 9.73. The highest BCUT2D eigenvalue weighted by atomic mass is 16.2. The molecule has 2 rings (SSSR count). The Bertz CT molecular complexity index is 510. The number of nitrogens with one attached hydrogen (secondary N) is 1. The molecule has 1 saturated carbocycles. The summed E-state index contributed by atoms with van der Waals surface area (Å²) in [5.74, 6) is -0.0370. The fraction of sp³-hybridized carbons (Fsp3) is 0.545. The molecule has 3 N–H and O–H groups in total. The average molecular weight is 247 g/mol. The summed E-state index contributed by atoms with van der Waals surface area (Å²) in [6, 6.07) is 0.341. The zero-order chi connectivity index (χ0) is 13.1. The van der Waals surface area contributed by atoms with Gasteiger partial charge in [0.1, 0.15) is 0 Å². The van der Waals surface area contributed by atoms with Crippen molar-refractivity contribution in [3.05, 3.63) is 16.6 Å². The topological polar surface area (TPSA) is 90.0 Å². The molecule has 1 heterocycles.